The summed E-state index contributed by atoms with van der Waals surface area (Å²) in [5.41, 5.74) is 6.80. The van der Waals surface area contributed by atoms with Gasteiger partial charge in [0.05, 0.1) is 0 Å². The Bertz CT molecular complexity index is 949. The van der Waals surface area contributed by atoms with Gasteiger partial charge < -0.3 is 5.73 Å². The molecule has 1 atom stereocenters. The quantitative estimate of drug-likeness (QED) is 0.531. The van der Waals surface area contributed by atoms with Crippen molar-refractivity contribution in [3.8, 4) is 0 Å². The van der Waals surface area contributed by atoms with E-state index in [-0.39, 0.29) is 6.04 Å². The summed E-state index contributed by atoms with van der Waals surface area (Å²) in [5, 5.41) is 13.3. The third-order valence-corrected chi connectivity index (χ3v) is 5.99. The first kappa shape index (κ1) is 16.3. The summed E-state index contributed by atoms with van der Waals surface area (Å²) >= 11 is 3.30. The van der Waals surface area contributed by atoms with Gasteiger partial charge in [0.15, 0.2) is 10.4 Å². The number of thioether (sulfide) groups is 1. The third kappa shape index (κ3) is 3.73. The number of hydrogen-bond donors (Lipinski definition) is 1. The first-order chi connectivity index (χ1) is 12.3. The van der Waals surface area contributed by atoms with Crippen molar-refractivity contribution < 1.29 is 5.73 Å². The van der Waals surface area contributed by atoms with Crippen molar-refractivity contribution in [1.82, 2.24) is 19.8 Å². The smallest absolute Gasteiger partial charge is 0.235 e. The zero-order valence-corrected chi connectivity index (χ0v) is 15.2. The van der Waals surface area contributed by atoms with Gasteiger partial charge in [0.2, 0.25) is 10.8 Å². The van der Waals surface area contributed by atoms with Crippen molar-refractivity contribution in [3.05, 3.63) is 77.6 Å². The maximum atomic E-state index is 4.68. The molecule has 0 spiro atoms. The molecule has 0 saturated carbocycles. The van der Waals surface area contributed by atoms with Crippen LogP contribution in [0, 0.1) is 0 Å². The SMILES string of the molecule is [NH3+][C@@H](Cc1ccccc1)c1nnc2sc(SCc3ccccc3)nn12. The molecule has 0 saturated heterocycles. The van der Waals surface area contributed by atoms with Crippen molar-refractivity contribution in [1.29, 1.82) is 0 Å². The van der Waals surface area contributed by atoms with E-state index in [0.717, 1.165) is 27.3 Å². The number of rotatable bonds is 6. The van der Waals surface area contributed by atoms with Gasteiger partial charge in [-0.3, -0.25) is 0 Å². The Morgan fingerprint density at radius 3 is 2.36 bits per heavy atom. The Hall–Kier alpha value is -2.22. The predicted molar refractivity (Wildman–Crippen MR) is 100 cm³/mol. The lowest BCUT2D eigenvalue weighted by Crippen LogP contribution is -2.55. The summed E-state index contributed by atoms with van der Waals surface area (Å²) in [7, 11) is 0. The summed E-state index contributed by atoms with van der Waals surface area (Å²) in [6.07, 6.45) is 0.825. The predicted octanol–water partition coefficient (Wildman–Crippen LogP) is 3.00. The highest BCUT2D eigenvalue weighted by atomic mass is 32.2. The normalized spacial score (nSPS) is 12.5. The van der Waals surface area contributed by atoms with E-state index in [1.807, 2.05) is 28.8 Å². The van der Waals surface area contributed by atoms with E-state index in [4.69, 9.17) is 0 Å². The molecule has 0 aliphatic heterocycles. The lowest BCUT2D eigenvalue weighted by Gasteiger charge is -2.05. The average Bonchev–Trinajstić information content (AvgIpc) is 3.22. The van der Waals surface area contributed by atoms with Crippen molar-refractivity contribution >= 4 is 28.1 Å². The second-order valence-corrected chi connectivity index (χ2v) is 7.96. The van der Waals surface area contributed by atoms with Gasteiger partial charge in [-0.05, 0) is 11.1 Å². The number of quaternary nitrogens is 1. The molecule has 4 aromatic rings. The number of aromatic nitrogens is 4. The highest BCUT2D eigenvalue weighted by molar-refractivity contribution is 8.00. The van der Waals surface area contributed by atoms with Gasteiger partial charge in [-0.15, -0.1) is 15.3 Å². The minimum atomic E-state index is 0.0199. The van der Waals surface area contributed by atoms with Gasteiger partial charge in [-0.1, -0.05) is 83.8 Å². The van der Waals surface area contributed by atoms with Crippen molar-refractivity contribution in [3.63, 3.8) is 0 Å². The lowest BCUT2D eigenvalue weighted by atomic mass is 10.1. The van der Waals surface area contributed by atoms with Crippen molar-refractivity contribution in [2.75, 3.05) is 0 Å². The van der Waals surface area contributed by atoms with E-state index in [9.17, 15) is 0 Å². The lowest BCUT2D eigenvalue weighted by molar-refractivity contribution is -0.428. The highest BCUT2D eigenvalue weighted by Gasteiger charge is 2.21. The Morgan fingerprint density at radius 2 is 1.64 bits per heavy atom. The summed E-state index contributed by atoms with van der Waals surface area (Å²) in [6.45, 7) is 0. The van der Waals surface area contributed by atoms with E-state index < -0.39 is 0 Å². The molecule has 7 heteroatoms. The zero-order valence-electron chi connectivity index (χ0n) is 13.6. The Balaban J connectivity index is 1.50. The van der Waals surface area contributed by atoms with Gasteiger partial charge in [-0.25, -0.2) is 0 Å². The summed E-state index contributed by atoms with van der Waals surface area (Å²) in [4.78, 5) is 0.826. The molecule has 2 aromatic heterocycles. The largest absolute Gasteiger partial charge is 0.348 e. The molecule has 0 fully saturated rings. The molecular formula is C18H18N5S2+. The number of hydrogen-bond acceptors (Lipinski definition) is 5. The van der Waals surface area contributed by atoms with Crippen LogP contribution in [0.4, 0.5) is 0 Å². The van der Waals surface area contributed by atoms with Crippen LogP contribution >= 0.6 is 23.1 Å². The van der Waals surface area contributed by atoms with Crippen LogP contribution in [0.1, 0.15) is 23.0 Å². The Labute approximate surface area is 153 Å². The van der Waals surface area contributed by atoms with Gasteiger partial charge in [0.25, 0.3) is 0 Å². The van der Waals surface area contributed by atoms with Crippen LogP contribution in [0.3, 0.4) is 0 Å². The molecule has 25 heavy (non-hydrogen) atoms. The standard InChI is InChI=1S/C18H17N5S2/c19-15(11-13-7-3-1-4-8-13)16-20-21-17-23(16)22-18(25-17)24-12-14-9-5-2-6-10-14/h1-10,15H,11-12,19H2/p+1/t15-/m0/s1. The second-order valence-electron chi connectivity index (χ2n) is 5.78. The van der Waals surface area contributed by atoms with Gasteiger partial charge >= 0.3 is 0 Å². The van der Waals surface area contributed by atoms with Crippen LogP contribution in [-0.2, 0) is 12.2 Å². The second kappa shape index (κ2) is 7.35. The van der Waals surface area contributed by atoms with Crippen LogP contribution in [-0.4, -0.2) is 19.8 Å². The Kier molecular flexibility index (Phi) is 4.78. The fourth-order valence-electron chi connectivity index (χ4n) is 2.64. The molecular weight excluding hydrogens is 350 g/mol. The van der Waals surface area contributed by atoms with Crippen LogP contribution in [0.15, 0.2) is 65.0 Å². The molecule has 0 radical (unpaired) electrons. The summed E-state index contributed by atoms with van der Waals surface area (Å²) in [5.74, 6) is 1.72. The maximum absolute atomic E-state index is 4.68. The summed E-state index contributed by atoms with van der Waals surface area (Å²) < 4.78 is 2.85. The first-order valence-electron chi connectivity index (χ1n) is 8.05. The molecule has 0 aliphatic rings. The molecule has 4 rings (SSSR count). The maximum Gasteiger partial charge on any atom is 0.235 e. The minimum absolute atomic E-state index is 0.0199. The first-order valence-corrected chi connectivity index (χ1v) is 9.85. The van der Waals surface area contributed by atoms with Gasteiger partial charge in [0.1, 0.15) is 0 Å². The van der Waals surface area contributed by atoms with Gasteiger partial charge in [-0.2, -0.15) is 4.52 Å². The van der Waals surface area contributed by atoms with Crippen molar-refractivity contribution in [2.24, 2.45) is 0 Å². The monoisotopic (exact) mass is 368 g/mol. The van der Waals surface area contributed by atoms with Crippen LogP contribution in [0.2, 0.25) is 0 Å². The third-order valence-electron chi connectivity index (χ3n) is 3.89. The van der Waals surface area contributed by atoms with Crippen LogP contribution in [0.25, 0.3) is 4.96 Å². The van der Waals surface area contributed by atoms with E-state index >= 15 is 0 Å². The average molecular weight is 369 g/mol. The molecule has 0 bridgehead atoms. The van der Waals surface area contributed by atoms with E-state index in [0.29, 0.717) is 0 Å². The molecule has 0 aliphatic carbocycles. The van der Waals surface area contributed by atoms with Crippen molar-refractivity contribution in [2.45, 2.75) is 22.6 Å². The number of benzene rings is 2. The molecule has 126 valence electrons. The highest BCUT2D eigenvalue weighted by Crippen LogP contribution is 2.28. The topological polar surface area (TPSA) is 70.7 Å². The number of fused-ring (bicyclic) bond motifs is 1. The molecule has 0 amide bonds. The van der Waals surface area contributed by atoms with E-state index in [2.05, 4.69) is 57.4 Å². The zero-order chi connectivity index (χ0) is 17.1. The molecule has 2 aromatic carbocycles. The van der Waals surface area contributed by atoms with E-state index in [1.54, 1.807) is 23.1 Å². The minimum Gasteiger partial charge on any atom is -0.348 e. The van der Waals surface area contributed by atoms with Crippen LogP contribution < -0.4 is 5.73 Å². The van der Waals surface area contributed by atoms with Gasteiger partial charge in [0, 0.05) is 12.2 Å². The number of nitrogens with zero attached hydrogens (tertiary/aromatic N) is 4. The fourth-order valence-corrected chi connectivity index (χ4v) is 4.48. The van der Waals surface area contributed by atoms with E-state index in [1.165, 1.54) is 11.1 Å². The molecule has 2 heterocycles. The molecule has 3 N–H and O–H groups in total. The molecule has 5 nitrogen and oxygen atoms in total. The Morgan fingerprint density at radius 1 is 0.960 bits per heavy atom. The molecule has 0 unspecified atom stereocenters. The van der Waals surface area contributed by atoms with Crippen LogP contribution in [0.5, 0.6) is 0 Å². The summed E-state index contributed by atoms with van der Waals surface area (Å²) in [6, 6.07) is 20.8. The fraction of sp³-hybridized carbons (Fsp3) is 0.167.